The highest BCUT2D eigenvalue weighted by atomic mass is 19.1. The van der Waals surface area contributed by atoms with Crippen molar-refractivity contribution in [3.05, 3.63) is 65.0 Å². The molecule has 3 aliphatic heterocycles. The van der Waals surface area contributed by atoms with E-state index < -0.39 is 5.82 Å². The highest BCUT2D eigenvalue weighted by Gasteiger charge is 2.39. The van der Waals surface area contributed by atoms with E-state index in [2.05, 4.69) is 4.90 Å². The molecule has 2 saturated heterocycles. The van der Waals surface area contributed by atoms with Gasteiger partial charge in [-0.05, 0) is 42.7 Å². The molecule has 0 radical (unpaired) electrons. The fourth-order valence-corrected chi connectivity index (χ4v) is 4.95. The minimum absolute atomic E-state index is 0.0275. The van der Waals surface area contributed by atoms with Gasteiger partial charge in [0.05, 0.1) is 36.6 Å². The molecule has 0 atom stereocenters. The SMILES string of the molecule is O=C(C1CCN(c2cccc3c2C(=O)N(Cc2cccc(F)c2)C3=O)CC1)N1CCOCC1. The summed E-state index contributed by atoms with van der Waals surface area (Å²) in [5.41, 5.74) is 2.07. The van der Waals surface area contributed by atoms with Gasteiger partial charge in [0, 0.05) is 32.1 Å². The lowest BCUT2D eigenvalue weighted by Gasteiger charge is -2.37. The zero-order valence-electron chi connectivity index (χ0n) is 18.3. The van der Waals surface area contributed by atoms with Crippen LogP contribution in [-0.2, 0) is 16.1 Å². The molecule has 5 rings (SSSR count). The molecule has 2 aromatic rings. The summed E-state index contributed by atoms with van der Waals surface area (Å²) in [4.78, 5) is 44.2. The molecule has 0 saturated carbocycles. The lowest BCUT2D eigenvalue weighted by Crippen LogP contribution is -2.47. The number of carbonyl (C=O) groups is 3. The first-order valence-electron chi connectivity index (χ1n) is 11.4. The molecular formula is C25H26FN3O4. The minimum Gasteiger partial charge on any atom is -0.378 e. The molecule has 0 N–H and O–H groups in total. The van der Waals surface area contributed by atoms with Crippen molar-refractivity contribution >= 4 is 23.4 Å². The number of amides is 3. The number of anilines is 1. The van der Waals surface area contributed by atoms with E-state index in [1.165, 1.54) is 17.0 Å². The predicted molar refractivity (Wildman–Crippen MR) is 119 cm³/mol. The van der Waals surface area contributed by atoms with Crippen LogP contribution in [0, 0.1) is 11.7 Å². The number of imide groups is 1. The number of morpholine rings is 1. The number of ether oxygens (including phenoxy) is 1. The Morgan fingerprint density at radius 2 is 1.70 bits per heavy atom. The zero-order valence-corrected chi connectivity index (χ0v) is 18.3. The number of carbonyl (C=O) groups excluding carboxylic acids is 3. The van der Waals surface area contributed by atoms with Gasteiger partial charge in [0.2, 0.25) is 5.91 Å². The number of nitrogens with zero attached hydrogens (tertiary/aromatic N) is 3. The van der Waals surface area contributed by atoms with Crippen molar-refractivity contribution < 1.29 is 23.5 Å². The first-order valence-corrected chi connectivity index (χ1v) is 11.4. The fraction of sp³-hybridized carbons (Fsp3) is 0.400. The van der Waals surface area contributed by atoms with E-state index in [0.29, 0.717) is 68.9 Å². The number of rotatable bonds is 4. The van der Waals surface area contributed by atoms with Crippen molar-refractivity contribution in [1.82, 2.24) is 9.80 Å². The van der Waals surface area contributed by atoms with Crippen molar-refractivity contribution in [2.24, 2.45) is 5.92 Å². The van der Waals surface area contributed by atoms with E-state index in [4.69, 9.17) is 4.74 Å². The van der Waals surface area contributed by atoms with Crippen molar-refractivity contribution in [3.63, 3.8) is 0 Å². The Labute approximate surface area is 191 Å². The predicted octanol–water partition coefficient (Wildman–Crippen LogP) is 2.70. The van der Waals surface area contributed by atoms with Crippen LogP contribution in [0.4, 0.5) is 10.1 Å². The highest BCUT2D eigenvalue weighted by molar-refractivity contribution is 6.23. The second-order valence-corrected chi connectivity index (χ2v) is 8.73. The van der Waals surface area contributed by atoms with Gasteiger partial charge < -0.3 is 14.5 Å². The molecule has 3 aliphatic rings. The van der Waals surface area contributed by atoms with Crippen LogP contribution in [0.15, 0.2) is 42.5 Å². The molecule has 2 fully saturated rings. The molecule has 3 amide bonds. The normalized spacial score (nSPS) is 19.2. The lowest BCUT2D eigenvalue weighted by molar-refractivity contribution is -0.140. The molecule has 2 aromatic carbocycles. The van der Waals surface area contributed by atoms with Crippen LogP contribution in [0.3, 0.4) is 0 Å². The van der Waals surface area contributed by atoms with Crippen LogP contribution >= 0.6 is 0 Å². The quantitative estimate of drug-likeness (QED) is 0.669. The largest absolute Gasteiger partial charge is 0.378 e. The standard InChI is InChI=1S/C25H26FN3O4/c26-19-4-1-3-17(15-19)16-29-24(31)20-5-2-6-21(22(20)25(29)32)27-9-7-18(8-10-27)23(30)28-11-13-33-14-12-28/h1-6,15,18H,7-14,16H2. The van der Waals surface area contributed by atoms with Gasteiger partial charge in [-0.2, -0.15) is 0 Å². The van der Waals surface area contributed by atoms with E-state index in [-0.39, 0.29) is 30.2 Å². The molecule has 172 valence electrons. The van der Waals surface area contributed by atoms with Crippen molar-refractivity contribution in [2.45, 2.75) is 19.4 Å². The Kier molecular flexibility index (Phi) is 5.85. The van der Waals surface area contributed by atoms with Crippen molar-refractivity contribution in [1.29, 1.82) is 0 Å². The molecule has 33 heavy (non-hydrogen) atoms. The van der Waals surface area contributed by atoms with Gasteiger partial charge in [0.25, 0.3) is 11.8 Å². The smallest absolute Gasteiger partial charge is 0.263 e. The molecule has 0 aliphatic carbocycles. The first kappa shape index (κ1) is 21.6. The molecule has 8 heteroatoms. The summed E-state index contributed by atoms with van der Waals surface area (Å²) in [7, 11) is 0. The van der Waals surface area contributed by atoms with Gasteiger partial charge in [-0.1, -0.05) is 18.2 Å². The Hall–Kier alpha value is -3.26. The zero-order chi connectivity index (χ0) is 22.9. The monoisotopic (exact) mass is 451 g/mol. The lowest BCUT2D eigenvalue weighted by atomic mass is 9.94. The molecule has 0 aromatic heterocycles. The maximum absolute atomic E-state index is 13.6. The Morgan fingerprint density at radius 3 is 2.42 bits per heavy atom. The van der Waals surface area contributed by atoms with Gasteiger partial charge in [-0.3, -0.25) is 19.3 Å². The molecule has 0 spiro atoms. The van der Waals surface area contributed by atoms with Gasteiger partial charge in [0.1, 0.15) is 5.82 Å². The summed E-state index contributed by atoms with van der Waals surface area (Å²) in [5.74, 6) is -0.971. The first-order chi connectivity index (χ1) is 16.0. The Morgan fingerprint density at radius 1 is 0.970 bits per heavy atom. The van der Waals surface area contributed by atoms with Crippen molar-refractivity contribution in [2.75, 3.05) is 44.3 Å². The second-order valence-electron chi connectivity index (χ2n) is 8.73. The van der Waals surface area contributed by atoms with Crippen LogP contribution in [0.25, 0.3) is 0 Å². The van der Waals surface area contributed by atoms with Gasteiger partial charge >= 0.3 is 0 Å². The van der Waals surface area contributed by atoms with E-state index in [1.54, 1.807) is 24.3 Å². The average molecular weight is 451 g/mol. The third-order valence-electron chi connectivity index (χ3n) is 6.71. The van der Waals surface area contributed by atoms with E-state index in [9.17, 15) is 18.8 Å². The number of hydrogen-bond acceptors (Lipinski definition) is 5. The van der Waals surface area contributed by atoms with Gasteiger partial charge in [-0.25, -0.2) is 4.39 Å². The van der Waals surface area contributed by atoms with E-state index in [1.807, 2.05) is 11.0 Å². The van der Waals surface area contributed by atoms with Crippen LogP contribution in [0.5, 0.6) is 0 Å². The second kappa shape index (κ2) is 8.94. The van der Waals surface area contributed by atoms with Gasteiger partial charge in [-0.15, -0.1) is 0 Å². The Balaban J connectivity index is 1.31. The summed E-state index contributed by atoms with van der Waals surface area (Å²) >= 11 is 0. The Bertz CT molecular complexity index is 1090. The summed E-state index contributed by atoms with van der Waals surface area (Å²) in [6.07, 6.45) is 1.41. The molecule has 0 unspecified atom stereocenters. The van der Waals surface area contributed by atoms with Crippen LogP contribution in [0.2, 0.25) is 0 Å². The van der Waals surface area contributed by atoms with E-state index in [0.717, 1.165) is 5.69 Å². The third kappa shape index (κ3) is 4.11. The summed E-state index contributed by atoms with van der Waals surface area (Å²) in [5, 5.41) is 0. The molecule has 7 nitrogen and oxygen atoms in total. The third-order valence-corrected chi connectivity index (χ3v) is 6.71. The van der Waals surface area contributed by atoms with Crippen LogP contribution < -0.4 is 4.90 Å². The molecule has 0 bridgehead atoms. The van der Waals surface area contributed by atoms with Gasteiger partial charge in [0.15, 0.2) is 0 Å². The summed E-state index contributed by atoms with van der Waals surface area (Å²) in [6, 6.07) is 11.2. The number of piperidine rings is 1. The molecule has 3 heterocycles. The number of benzene rings is 2. The average Bonchev–Trinajstić information content (AvgIpc) is 3.09. The number of hydrogen-bond donors (Lipinski definition) is 0. The fourth-order valence-electron chi connectivity index (χ4n) is 4.95. The maximum atomic E-state index is 13.6. The van der Waals surface area contributed by atoms with Crippen molar-refractivity contribution in [3.8, 4) is 0 Å². The molecular weight excluding hydrogens is 425 g/mol. The maximum Gasteiger partial charge on any atom is 0.263 e. The summed E-state index contributed by atoms with van der Waals surface area (Å²) < 4.78 is 18.9. The number of halogens is 1. The summed E-state index contributed by atoms with van der Waals surface area (Å²) in [6.45, 7) is 3.77. The minimum atomic E-state index is -0.403. The topological polar surface area (TPSA) is 70.2 Å². The number of fused-ring (bicyclic) bond motifs is 1. The highest BCUT2D eigenvalue weighted by Crippen LogP contribution is 2.35. The van der Waals surface area contributed by atoms with Crippen LogP contribution in [0.1, 0.15) is 39.1 Å². The van der Waals surface area contributed by atoms with Crippen LogP contribution in [-0.4, -0.2) is 66.9 Å². The van der Waals surface area contributed by atoms with E-state index >= 15 is 0 Å².